The molecule has 0 bridgehead atoms. The third-order valence-electron chi connectivity index (χ3n) is 4.62. The van der Waals surface area contributed by atoms with Crippen LogP contribution in [0.3, 0.4) is 0 Å². The smallest absolute Gasteiger partial charge is 0.161 e. The largest absolute Gasteiger partial charge is 0.493 e. The van der Waals surface area contributed by atoms with E-state index >= 15 is 0 Å². The second kappa shape index (κ2) is 6.57. The van der Waals surface area contributed by atoms with Gasteiger partial charge in [0, 0.05) is 31.1 Å². The van der Waals surface area contributed by atoms with Crippen LogP contribution in [0, 0.1) is 5.92 Å². The van der Waals surface area contributed by atoms with Crippen molar-refractivity contribution in [2.45, 2.75) is 25.8 Å². The van der Waals surface area contributed by atoms with Gasteiger partial charge < -0.3 is 19.8 Å². The molecule has 2 unspecified atom stereocenters. The first-order chi connectivity index (χ1) is 10.8. The fraction of sp³-hybridized carbons (Fsp3) is 0.588. The van der Waals surface area contributed by atoms with Crippen LogP contribution in [0.1, 0.15) is 31.4 Å². The molecule has 1 aromatic carbocycles. The van der Waals surface area contributed by atoms with E-state index < -0.39 is 0 Å². The second-order valence-corrected chi connectivity index (χ2v) is 5.98. The van der Waals surface area contributed by atoms with Gasteiger partial charge in [0.1, 0.15) is 0 Å². The molecule has 5 nitrogen and oxygen atoms in total. The summed E-state index contributed by atoms with van der Waals surface area (Å²) in [5.41, 5.74) is 5.85. The Morgan fingerprint density at radius 1 is 1.27 bits per heavy atom. The first kappa shape index (κ1) is 15.2. The van der Waals surface area contributed by atoms with Crippen LogP contribution in [-0.4, -0.2) is 44.5 Å². The van der Waals surface area contributed by atoms with Crippen LogP contribution in [-0.2, 0) is 0 Å². The van der Waals surface area contributed by atoms with Crippen LogP contribution in [0.2, 0.25) is 0 Å². The molecule has 0 radical (unpaired) electrons. The molecule has 3 rings (SSSR count). The van der Waals surface area contributed by atoms with Gasteiger partial charge in [-0.1, -0.05) is 13.0 Å². The zero-order valence-electron chi connectivity index (χ0n) is 13.6. The molecular formula is C17H25N3O2. The summed E-state index contributed by atoms with van der Waals surface area (Å²) >= 11 is 0. The van der Waals surface area contributed by atoms with Crippen molar-refractivity contribution in [2.75, 3.05) is 33.9 Å². The molecule has 2 heterocycles. The topological polar surface area (TPSA) is 46.1 Å². The molecule has 1 N–H and O–H groups in total. The fourth-order valence-electron chi connectivity index (χ4n) is 3.48. The zero-order chi connectivity index (χ0) is 15.5. The summed E-state index contributed by atoms with van der Waals surface area (Å²) in [4.78, 5) is 2.55. The highest BCUT2D eigenvalue weighted by Crippen LogP contribution is 2.36. The number of hydrogen-bond donors (Lipinski definition) is 1. The summed E-state index contributed by atoms with van der Waals surface area (Å²) in [6, 6.07) is 6.37. The molecule has 0 aromatic heterocycles. The Morgan fingerprint density at radius 3 is 2.82 bits per heavy atom. The summed E-state index contributed by atoms with van der Waals surface area (Å²) in [6.45, 7) is 5.62. The monoisotopic (exact) mass is 303 g/mol. The molecule has 1 saturated heterocycles. The molecular weight excluding hydrogens is 278 g/mol. The van der Waals surface area contributed by atoms with Crippen molar-refractivity contribution in [1.29, 1.82) is 0 Å². The third-order valence-corrected chi connectivity index (χ3v) is 4.62. The molecule has 2 aliphatic heterocycles. The van der Waals surface area contributed by atoms with E-state index in [0.717, 1.165) is 31.0 Å². The van der Waals surface area contributed by atoms with Crippen LogP contribution in [0.5, 0.6) is 11.5 Å². The minimum atomic E-state index is 0.231. The first-order valence-electron chi connectivity index (χ1n) is 8.03. The number of nitrogens with zero attached hydrogens (tertiary/aromatic N) is 2. The van der Waals surface area contributed by atoms with Crippen molar-refractivity contribution in [2.24, 2.45) is 11.0 Å². The van der Waals surface area contributed by atoms with Crippen LogP contribution in [0.4, 0.5) is 0 Å². The average Bonchev–Trinajstić information content (AvgIpc) is 2.97. The van der Waals surface area contributed by atoms with Crippen molar-refractivity contribution < 1.29 is 9.47 Å². The lowest BCUT2D eigenvalue weighted by Crippen LogP contribution is -2.42. The maximum absolute atomic E-state index is 5.43. The Kier molecular flexibility index (Phi) is 4.52. The molecule has 120 valence electrons. The van der Waals surface area contributed by atoms with E-state index in [-0.39, 0.29) is 6.04 Å². The molecule has 1 fully saturated rings. The van der Waals surface area contributed by atoms with Gasteiger partial charge in [-0.2, -0.15) is 5.10 Å². The van der Waals surface area contributed by atoms with Gasteiger partial charge in [-0.05, 0) is 30.7 Å². The average molecular weight is 303 g/mol. The van der Waals surface area contributed by atoms with Crippen molar-refractivity contribution in [3.63, 3.8) is 0 Å². The highest BCUT2D eigenvalue weighted by molar-refractivity contribution is 5.90. The Labute approximate surface area is 132 Å². The summed E-state index contributed by atoms with van der Waals surface area (Å²) in [6.07, 6.45) is 2.27. The molecule has 0 spiro atoms. The van der Waals surface area contributed by atoms with Crippen molar-refractivity contribution >= 4 is 5.71 Å². The SMILES string of the molecule is CCCN1CCC2=NNC(c3ccc(OC)c(OC)c3)C2C1. The van der Waals surface area contributed by atoms with Gasteiger partial charge in [-0.3, -0.25) is 0 Å². The number of ether oxygens (including phenoxy) is 2. The van der Waals surface area contributed by atoms with Gasteiger partial charge in [-0.25, -0.2) is 0 Å². The minimum absolute atomic E-state index is 0.231. The van der Waals surface area contributed by atoms with Crippen LogP contribution >= 0.6 is 0 Å². The maximum Gasteiger partial charge on any atom is 0.161 e. The predicted molar refractivity (Wildman–Crippen MR) is 87.7 cm³/mol. The van der Waals surface area contributed by atoms with Gasteiger partial charge >= 0.3 is 0 Å². The van der Waals surface area contributed by atoms with Crippen LogP contribution < -0.4 is 14.9 Å². The number of methoxy groups -OCH3 is 2. The Morgan fingerprint density at radius 2 is 2.09 bits per heavy atom. The lowest BCUT2D eigenvalue weighted by Gasteiger charge is -2.33. The number of benzene rings is 1. The maximum atomic E-state index is 5.43. The van der Waals surface area contributed by atoms with Crippen LogP contribution in [0.25, 0.3) is 0 Å². The molecule has 0 saturated carbocycles. The van der Waals surface area contributed by atoms with E-state index in [1.54, 1.807) is 14.2 Å². The highest BCUT2D eigenvalue weighted by Gasteiger charge is 2.37. The normalized spacial score (nSPS) is 24.4. The number of likely N-dealkylation sites (tertiary alicyclic amines) is 1. The molecule has 2 aliphatic rings. The number of piperidine rings is 1. The lowest BCUT2D eigenvalue weighted by atomic mass is 9.86. The van der Waals surface area contributed by atoms with Gasteiger partial charge in [0.15, 0.2) is 11.5 Å². The van der Waals surface area contributed by atoms with Crippen molar-refractivity contribution in [3.05, 3.63) is 23.8 Å². The predicted octanol–water partition coefficient (Wildman–Crippen LogP) is 2.44. The van der Waals surface area contributed by atoms with E-state index in [0.29, 0.717) is 5.92 Å². The molecule has 22 heavy (non-hydrogen) atoms. The summed E-state index contributed by atoms with van der Waals surface area (Å²) in [7, 11) is 3.34. The lowest BCUT2D eigenvalue weighted by molar-refractivity contribution is 0.228. The highest BCUT2D eigenvalue weighted by atomic mass is 16.5. The van der Waals surface area contributed by atoms with Gasteiger partial charge in [0.2, 0.25) is 0 Å². The standard InChI is InChI=1S/C17H25N3O2/c1-4-8-20-9-7-14-13(11-20)17(19-18-14)12-5-6-15(21-2)16(10-12)22-3/h5-6,10,13,17,19H,4,7-9,11H2,1-3H3. The second-order valence-electron chi connectivity index (χ2n) is 5.98. The van der Waals surface area contributed by atoms with E-state index in [1.165, 1.54) is 24.2 Å². The zero-order valence-corrected chi connectivity index (χ0v) is 13.6. The van der Waals surface area contributed by atoms with Gasteiger partial charge in [-0.15, -0.1) is 0 Å². The summed E-state index contributed by atoms with van der Waals surface area (Å²) < 4.78 is 10.8. The van der Waals surface area contributed by atoms with E-state index in [9.17, 15) is 0 Å². The molecule has 0 amide bonds. The quantitative estimate of drug-likeness (QED) is 0.907. The Hall–Kier alpha value is -1.75. The Balaban J connectivity index is 1.80. The van der Waals surface area contributed by atoms with E-state index in [1.807, 2.05) is 6.07 Å². The fourth-order valence-corrected chi connectivity index (χ4v) is 3.48. The van der Waals surface area contributed by atoms with E-state index in [4.69, 9.17) is 9.47 Å². The molecule has 1 aromatic rings. The molecule has 0 aliphatic carbocycles. The molecule has 5 heteroatoms. The number of fused-ring (bicyclic) bond motifs is 1. The minimum Gasteiger partial charge on any atom is -0.493 e. The number of nitrogens with one attached hydrogen (secondary N) is 1. The number of rotatable bonds is 5. The third kappa shape index (κ3) is 2.77. The summed E-state index contributed by atoms with van der Waals surface area (Å²) in [5, 5.41) is 4.58. The van der Waals surface area contributed by atoms with Crippen LogP contribution in [0.15, 0.2) is 23.3 Å². The molecule has 2 atom stereocenters. The number of hydrazone groups is 1. The summed E-state index contributed by atoms with van der Waals surface area (Å²) in [5.74, 6) is 2.00. The van der Waals surface area contributed by atoms with Crippen molar-refractivity contribution in [1.82, 2.24) is 10.3 Å². The van der Waals surface area contributed by atoms with Crippen molar-refractivity contribution in [3.8, 4) is 11.5 Å². The number of hydrogen-bond acceptors (Lipinski definition) is 5. The van der Waals surface area contributed by atoms with Gasteiger partial charge in [0.05, 0.1) is 20.3 Å². The Bertz CT molecular complexity index is 559. The first-order valence-corrected chi connectivity index (χ1v) is 8.03. The van der Waals surface area contributed by atoms with Gasteiger partial charge in [0.25, 0.3) is 0 Å². The van der Waals surface area contributed by atoms with E-state index in [2.05, 4.69) is 34.5 Å².